The number of anilines is 1. The standard InChI is InChI=1S/C17H24N6O/c1-21-8-6-18-15(21)11-22-7-3-17(12-22)13-23(9-10-24-14-17)16-19-4-2-5-20-16/h2,4-6,8H,3,7,9-14H2,1H3. The van der Waals surface area contributed by atoms with E-state index in [1.165, 1.54) is 0 Å². The van der Waals surface area contributed by atoms with E-state index in [9.17, 15) is 0 Å². The van der Waals surface area contributed by atoms with Crippen LogP contribution in [0.15, 0.2) is 30.9 Å². The van der Waals surface area contributed by atoms with Gasteiger partial charge in [-0.2, -0.15) is 0 Å². The van der Waals surface area contributed by atoms with Gasteiger partial charge in [0.2, 0.25) is 5.95 Å². The lowest BCUT2D eigenvalue weighted by Crippen LogP contribution is -2.41. The summed E-state index contributed by atoms with van der Waals surface area (Å²) in [4.78, 5) is 18.1. The maximum atomic E-state index is 5.95. The van der Waals surface area contributed by atoms with Gasteiger partial charge >= 0.3 is 0 Å². The second-order valence-electron chi connectivity index (χ2n) is 6.94. The minimum atomic E-state index is 0.154. The van der Waals surface area contributed by atoms with Gasteiger partial charge < -0.3 is 14.2 Å². The van der Waals surface area contributed by atoms with Crippen LogP contribution in [0, 0.1) is 5.41 Å². The first-order valence-electron chi connectivity index (χ1n) is 8.52. The van der Waals surface area contributed by atoms with E-state index >= 15 is 0 Å². The highest BCUT2D eigenvalue weighted by Crippen LogP contribution is 2.34. The van der Waals surface area contributed by atoms with Crippen LogP contribution in [0.4, 0.5) is 5.95 Å². The molecule has 4 heterocycles. The van der Waals surface area contributed by atoms with Crippen molar-refractivity contribution < 1.29 is 4.74 Å². The average Bonchev–Trinajstić information content (AvgIpc) is 3.11. The minimum absolute atomic E-state index is 0.154. The number of hydrogen-bond acceptors (Lipinski definition) is 6. The molecule has 1 unspecified atom stereocenters. The number of ether oxygens (including phenoxy) is 1. The van der Waals surface area contributed by atoms with Crippen LogP contribution < -0.4 is 4.90 Å². The van der Waals surface area contributed by atoms with Crippen LogP contribution in [0.1, 0.15) is 12.2 Å². The van der Waals surface area contributed by atoms with Gasteiger partial charge in [0.15, 0.2) is 0 Å². The Morgan fingerprint density at radius 1 is 1.12 bits per heavy atom. The summed E-state index contributed by atoms with van der Waals surface area (Å²) in [5, 5.41) is 0. The zero-order valence-electron chi connectivity index (χ0n) is 14.1. The summed E-state index contributed by atoms with van der Waals surface area (Å²) < 4.78 is 8.04. The normalized spacial score (nSPS) is 25.3. The second kappa shape index (κ2) is 6.49. The van der Waals surface area contributed by atoms with Crippen molar-refractivity contribution in [3.63, 3.8) is 0 Å². The molecule has 0 amide bonds. The fourth-order valence-corrected chi connectivity index (χ4v) is 3.78. The third kappa shape index (κ3) is 3.14. The number of nitrogens with zero attached hydrogens (tertiary/aromatic N) is 6. The minimum Gasteiger partial charge on any atom is -0.379 e. The van der Waals surface area contributed by atoms with Crippen molar-refractivity contribution in [3.05, 3.63) is 36.7 Å². The molecular weight excluding hydrogens is 304 g/mol. The maximum Gasteiger partial charge on any atom is 0.225 e. The van der Waals surface area contributed by atoms with Crippen molar-refractivity contribution in [2.45, 2.75) is 13.0 Å². The average molecular weight is 328 g/mol. The summed E-state index contributed by atoms with van der Waals surface area (Å²) in [5.74, 6) is 1.93. The third-order valence-electron chi connectivity index (χ3n) is 5.08. The molecule has 0 aromatic carbocycles. The maximum absolute atomic E-state index is 5.95. The molecule has 2 aromatic rings. The lowest BCUT2D eigenvalue weighted by atomic mass is 9.87. The number of aromatic nitrogens is 4. The Morgan fingerprint density at radius 2 is 2.00 bits per heavy atom. The van der Waals surface area contributed by atoms with Crippen molar-refractivity contribution >= 4 is 5.95 Å². The van der Waals surface area contributed by atoms with Gasteiger partial charge in [-0.05, 0) is 19.0 Å². The first-order chi connectivity index (χ1) is 11.7. The number of rotatable bonds is 3. The molecular formula is C17H24N6O. The summed E-state index contributed by atoms with van der Waals surface area (Å²) >= 11 is 0. The quantitative estimate of drug-likeness (QED) is 0.836. The summed E-state index contributed by atoms with van der Waals surface area (Å²) in [6, 6.07) is 1.86. The summed E-state index contributed by atoms with van der Waals surface area (Å²) in [6.45, 7) is 6.36. The molecule has 2 aliphatic rings. The Bertz CT molecular complexity index is 675. The molecule has 2 aromatic heterocycles. The largest absolute Gasteiger partial charge is 0.379 e. The molecule has 0 saturated carbocycles. The van der Waals surface area contributed by atoms with Crippen molar-refractivity contribution in [1.29, 1.82) is 0 Å². The van der Waals surface area contributed by atoms with Crippen LogP contribution in [0.3, 0.4) is 0 Å². The van der Waals surface area contributed by atoms with Crippen LogP contribution in [0.2, 0.25) is 0 Å². The van der Waals surface area contributed by atoms with Crippen molar-refractivity contribution in [3.8, 4) is 0 Å². The van der Waals surface area contributed by atoms with E-state index in [1.54, 1.807) is 0 Å². The van der Waals surface area contributed by atoms with Crippen LogP contribution in [-0.2, 0) is 18.3 Å². The van der Waals surface area contributed by atoms with Crippen molar-refractivity contribution in [1.82, 2.24) is 24.4 Å². The predicted octanol–water partition coefficient (Wildman–Crippen LogP) is 0.939. The second-order valence-corrected chi connectivity index (χ2v) is 6.94. The monoisotopic (exact) mass is 328 g/mol. The highest BCUT2D eigenvalue weighted by atomic mass is 16.5. The highest BCUT2D eigenvalue weighted by molar-refractivity contribution is 5.30. The number of hydrogen-bond donors (Lipinski definition) is 0. The van der Waals surface area contributed by atoms with Gasteiger partial charge in [0.05, 0.1) is 19.8 Å². The van der Waals surface area contributed by atoms with Crippen molar-refractivity contribution in [2.75, 3.05) is 44.3 Å². The molecule has 2 aliphatic heterocycles. The van der Waals surface area contributed by atoms with E-state index < -0.39 is 0 Å². The lowest BCUT2D eigenvalue weighted by molar-refractivity contribution is 0.0727. The Labute approximate surface area is 142 Å². The predicted molar refractivity (Wildman–Crippen MR) is 90.6 cm³/mol. The van der Waals surface area contributed by atoms with Gasteiger partial charge in [-0.3, -0.25) is 4.90 Å². The Morgan fingerprint density at radius 3 is 2.79 bits per heavy atom. The summed E-state index contributed by atoms with van der Waals surface area (Å²) in [5.41, 5.74) is 0.154. The van der Waals surface area contributed by atoms with Gasteiger partial charge in [-0.15, -0.1) is 0 Å². The van der Waals surface area contributed by atoms with E-state index in [0.717, 1.165) is 64.1 Å². The fraction of sp³-hybridized carbons (Fsp3) is 0.588. The van der Waals surface area contributed by atoms with Crippen LogP contribution >= 0.6 is 0 Å². The topological polar surface area (TPSA) is 59.3 Å². The zero-order chi connectivity index (χ0) is 16.4. The smallest absolute Gasteiger partial charge is 0.225 e. The summed E-state index contributed by atoms with van der Waals surface area (Å²) in [7, 11) is 2.05. The molecule has 24 heavy (non-hydrogen) atoms. The van der Waals surface area contributed by atoms with E-state index in [4.69, 9.17) is 4.74 Å². The molecule has 0 aliphatic carbocycles. The molecule has 2 fully saturated rings. The molecule has 1 atom stereocenters. The van der Waals surface area contributed by atoms with E-state index in [-0.39, 0.29) is 5.41 Å². The Hall–Kier alpha value is -1.99. The first-order valence-corrected chi connectivity index (χ1v) is 8.52. The van der Waals surface area contributed by atoms with Gasteiger partial charge in [0, 0.05) is 56.9 Å². The lowest BCUT2D eigenvalue weighted by Gasteiger charge is -2.31. The molecule has 4 rings (SSSR count). The van der Waals surface area contributed by atoms with Crippen LogP contribution in [0.5, 0.6) is 0 Å². The molecule has 128 valence electrons. The van der Waals surface area contributed by atoms with Gasteiger partial charge in [0.1, 0.15) is 5.82 Å². The van der Waals surface area contributed by atoms with Gasteiger partial charge in [-0.25, -0.2) is 15.0 Å². The van der Waals surface area contributed by atoms with Gasteiger partial charge in [-0.1, -0.05) is 0 Å². The van der Waals surface area contributed by atoms with E-state index in [1.807, 2.05) is 30.9 Å². The van der Waals surface area contributed by atoms with Crippen LogP contribution in [-0.4, -0.2) is 63.8 Å². The molecule has 7 nitrogen and oxygen atoms in total. The third-order valence-corrected chi connectivity index (χ3v) is 5.08. The fourth-order valence-electron chi connectivity index (χ4n) is 3.78. The first kappa shape index (κ1) is 15.5. The Kier molecular flexibility index (Phi) is 4.20. The van der Waals surface area contributed by atoms with E-state index in [2.05, 4.69) is 36.4 Å². The molecule has 0 radical (unpaired) electrons. The SMILES string of the molecule is Cn1ccnc1CN1CCC2(COCCN(c3ncccn3)C2)C1. The highest BCUT2D eigenvalue weighted by Gasteiger charge is 2.41. The number of likely N-dealkylation sites (tertiary alicyclic amines) is 1. The molecule has 0 bridgehead atoms. The van der Waals surface area contributed by atoms with Crippen molar-refractivity contribution in [2.24, 2.45) is 12.5 Å². The molecule has 2 saturated heterocycles. The zero-order valence-corrected chi connectivity index (χ0v) is 14.1. The molecule has 0 N–H and O–H groups in total. The van der Waals surface area contributed by atoms with E-state index in [0.29, 0.717) is 0 Å². The summed E-state index contributed by atoms with van der Waals surface area (Å²) in [6.07, 6.45) is 8.63. The Balaban J connectivity index is 1.47. The molecule has 7 heteroatoms. The van der Waals surface area contributed by atoms with Crippen LogP contribution in [0.25, 0.3) is 0 Å². The van der Waals surface area contributed by atoms with Gasteiger partial charge in [0.25, 0.3) is 0 Å². The molecule has 1 spiro atoms. The number of imidazole rings is 1. The number of aryl methyl sites for hydroxylation is 1.